The highest BCUT2D eigenvalue weighted by molar-refractivity contribution is 7.91. The van der Waals surface area contributed by atoms with E-state index in [0.29, 0.717) is 4.34 Å². The van der Waals surface area contributed by atoms with Crippen LogP contribution in [0.4, 0.5) is 0 Å². The van der Waals surface area contributed by atoms with Gasteiger partial charge in [-0.2, -0.15) is 0 Å². The highest BCUT2D eigenvalue weighted by Crippen LogP contribution is 2.26. The second-order valence-corrected chi connectivity index (χ2v) is 9.37. The van der Waals surface area contributed by atoms with Crippen molar-refractivity contribution >= 4 is 45.4 Å². The van der Waals surface area contributed by atoms with Crippen molar-refractivity contribution in [2.24, 2.45) is 0 Å². The van der Waals surface area contributed by atoms with E-state index in [0.717, 1.165) is 43.8 Å². The molecule has 2 aromatic rings. The van der Waals surface area contributed by atoms with Crippen molar-refractivity contribution in [2.45, 2.75) is 29.6 Å². The Morgan fingerprint density at radius 1 is 1.12 bits per heavy atom. The summed E-state index contributed by atoms with van der Waals surface area (Å²) in [5, 5.41) is 0. The van der Waals surface area contributed by atoms with Gasteiger partial charge in [-0.3, -0.25) is 4.90 Å². The predicted octanol–water partition coefficient (Wildman–Crippen LogP) is 3.77. The van der Waals surface area contributed by atoms with Crippen molar-refractivity contribution in [3.05, 3.63) is 52.4 Å². The van der Waals surface area contributed by atoms with Crippen molar-refractivity contribution in [1.29, 1.82) is 0 Å². The van der Waals surface area contributed by atoms with Crippen LogP contribution in [0.25, 0.3) is 0 Å². The van der Waals surface area contributed by atoms with Crippen LogP contribution in [0.15, 0.2) is 46.7 Å². The monoisotopic (exact) mass is 406 g/mol. The Labute approximate surface area is 158 Å². The van der Waals surface area contributed by atoms with Crippen LogP contribution in [0.1, 0.15) is 18.4 Å². The van der Waals surface area contributed by atoms with Gasteiger partial charge in [0.1, 0.15) is 4.21 Å². The van der Waals surface area contributed by atoms with E-state index in [2.05, 4.69) is 21.8 Å². The molecule has 0 bridgehead atoms. The standard InChI is InChI=1S/C16H19ClN2O2S2.ClH/c17-15-6-7-16(22-15)23(20,21)18-14-8-10-19(11-9-14)12-13-4-2-1-3-5-13;/h1-7,14,18H,8-12H2;1H. The second kappa shape index (κ2) is 8.65. The molecule has 3 rings (SSSR count). The summed E-state index contributed by atoms with van der Waals surface area (Å²) in [5.41, 5.74) is 1.29. The molecule has 1 aromatic carbocycles. The summed E-state index contributed by atoms with van der Waals surface area (Å²) in [7, 11) is -3.45. The molecule has 0 atom stereocenters. The van der Waals surface area contributed by atoms with E-state index in [1.165, 1.54) is 5.56 Å². The maximum absolute atomic E-state index is 12.3. The predicted molar refractivity (Wildman–Crippen MR) is 102 cm³/mol. The van der Waals surface area contributed by atoms with E-state index in [1.807, 2.05) is 18.2 Å². The first-order valence-electron chi connectivity index (χ1n) is 7.57. The summed E-state index contributed by atoms with van der Waals surface area (Å²) < 4.78 is 28.2. The second-order valence-electron chi connectivity index (χ2n) is 5.72. The zero-order valence-electron chi connectivity index (χ0n) is 13.0. The number of sulfonamides is 1. The minimum absolute atomic E-state index is 0. The number of halogens is 2. The molecule has 0 amide bonds. The third-order valence-electron chi connectivity index (χ3n) is 3.97. The summed E-state index contributed by atoms with van der Waals surface area (Å²) in [6.45, 7) is 2.71. The Hall–Kier alpha value is -0.630. The zero-order valence-corrected chi connectivity index (χ0v) is 16.2. The van der Waals surface area contributed by atoms with Gasteiger partial charge in [0, 0.05) is 25.7 Å². The van der Waals surface area contributed by atoms with Crippen molar-refractivity contribution in [3.63, 3.8) is 0 Å². The average Bonchev–Trinajstić information content (AvgIpc) is 2.98. The minimum atomic E-state index is -3.45. The molecule has 1 N–H and O–H groups in total. The number of rotatable bonds is 5. The first-order chi connectivity index (χ1) is 11.0. The van der Waals surface area contributed by atoms with Gasteiger partial charge in [-0.15, -0.1) is 23.7 Å². The normalized spacial score (nSPS) is 16.7. The Morgan fingerprint density at radius 3 is 2.38 bits per heavy atom. The number of likely N-dealkylation sites (tertiary alicyclic amines) is 1. The molecule has 0 spiro atoms. The lowest BCUT2D eigenvalue weighted by Crippen LogP contribution is -2.44. The van der Waals surface area contributed by atoms with Gasteiger partial charge in [0.15, 0.2) is 0 Å². The van der Waals surface area contributed by atoms with Gasteiger partial charge in [0.25, 0.3) is 0 Å². The summed E-state index contributed by atoms with van der Waals surface area (Å²) in [5.74, 6) is 0. The third-order valence-corrected chi connectivity index (χ3v) is 7.22. The molecule has 2 heterocycles. The van der Waals surface area contributed by atoms with Crippen LogP contribution in [-0.4, -0.2) is 32.4 Å². The van der Waals surface area contributed by atoms with Gasteiger partial charge in [-0.05, 0) is 30.5 Å². The number of hydrogen-bond acceptors (Lipinski definition) is 4. The van der Waals surface area contributed by atoms with E-state index in [-0.39, 0.29) is 22.7 Å². The van der Waals surface area contributed by atoms with Crippen LogP contribution in [0.3, 0.4) is 0 Å². The Kier molecular flexibility index (Phi) is 7.10. The van der Waals surface area contributed by atoms with Crippen LogP contribution in [-0.2, 0) is 16.6 Å². The smallest absolute Gasteiger partial charge is 0.250 e. The molecular weight excluding hydrogens is 387 g/mol. The van der Waals surface area contributed by atoms with Gasteiger partial charge in [0.2, 0.25) is 10.0 Å². The quantitative estimate of drug-likeness (QED) is 0.821. The molecular formula is C16H20Cl2N2O2S2. The van der Waals surface area contributed by atoms with E-state index in [4.69, 9.17) is 11.6 Å². The van der Waals surface area contributed by atoms with Crippen LogP contribution >= 0.6 is 35.3 Å². The highest BCUT2D eigenvalue weighted by atomic mass is 35.5. The van der Waals surface area contributed by atoms with Gasteiger partial charge in [-0.25, -0.2) is 13.1 Å². The summed E-state index contributed by atoms with van der Waals surface area (Å²) in [4.78, 5) is 2.36. The van der Waals surface area contributed by atoms with Gasteiger partial charge in [0.05, 0.1) is 4.34 Å². The summed E-state index contributed by atoms with van der Waals surface area (Å²) in [6, 6.07) is 13.5. The Morgan fingerprint density at radius 2 is 1.79 bits per heavy atom. The number of benzene rings is 1. The molecule has 4 nitrogen and oxygen atoms in total. The Balaban J connectivity index is 0.00000208. The fourth-order valence-corrected chi connectivity index (χ4v) is 5.57. The van der Waals surface area contributed by atoms with E-state index >= 15 is 0 Å². The van der Waals surface area contributed by atoms with E-state index < -0.39 is 10.0 Å². The van der Waals surface area contributed by atoms with Crippen molar-refractivity contribution in [3.8, 4) is 0 Å². The van der Waals surface area contributed by atoms with Crippen molar-refractivity contribution in [1.82, 2.24) is 9.62 Å². The fraction of sp³-hybridized carbons (Fsp3) is 0.375. The van der Waals surface area contributed by atoms with E-state index in [9.17, 15) is 8.42 Å². The lowest BCUT2D eigenvalue weighted by molar-refractivity contribution is 0.200. The first-order valence-corrected chi connectivity index (χ1v) is 10.2. The summed E-state index contributed by atoms with van der Waals surface area (Å²) >= 11 is 6.92. The maximum atomic E-state index is 12.3. The number of nitrogens with one attached hydrogen (secondary N) is 1. The van der Waals surface area contributed by atoms with Crippen LogP contribution in [0, 0.1) is 0 Å². The van der Waals surface area contributed by atoms with Gasteiger partial charge < -0.3 is 0 Å². The highest BCUT2D eigenvalue weighted by Gasteiger charge is 2.25. The van der Waals surface area contributed by atoms with Crippen molar-refractivity contribution < 1.29 is 8.42 Å². The largest absolute Gasteiger partial charge is 0.299 e. The molecule has 24 heavy (non-hydrogen) atoms. The number of nitrogens with zero attached hydrogens (tertiary/aromatic N) is 1. The average molecular weight is 407 g/mol. The minimum Gasteiger partial charge on any atom is -0.299 e. The topological polar surface area (TPSA) is 49.4 Å². The molecule has 0 aliphatic carbocycles. The van der Waals surface area contributed by atoms with Gasteiger partial charge >= 0.3 is 0 Å². The van der Waals surface area contributed by atoms with Crippen LogP contribution in [0.2, 0.25) is 4.34 Å². The molecule has 8 heteroatoms. The summed E-state index contributed by atoms with van der Waals surface area (Å²) in [6.07, 6.45) is 1.65. The third kappa shape index (κ3) is 5.18. The Bertz CT molecular complexity index is 742. The molecule has 1 aliphatic heterocycles. The van der Waals surface area contributed by atoms with Crippen LogP contribution < -0.4 is 4.72 Å². The first kappa shape index (κ1) is 19.7. The molecule has 0 unspecified atom stereocenters. The molecule has 0 saturated carbocycles. The number of thiophene rings is 1. The number of hydrogen-bond donors (Lipinski definition) is 1. The molecule has 1 aromatic heterocycles. The molecule has 1 saturated heterocycles. The molecule has 1 aliphatic rings. The molecule has 1 fully saturated rings. The lowest BCUT2D eigenvalue weighted by Gasteiger charge is -2.32. The van der Waals surface area contributed by atoms with Crippen molar-refractivity contribution in [2.75, 3.05) is 13.1 Å². The SMILES string of the molecule is Cl.O=S(=O)(NC1CCN(Cc2ccccc2)CC1)c1ccc(Cl)s1. The molecule has 0 radical (unpaired) electrons. The van der Waals surface area contributed by atoms with Crippen LogP contribution in [0.5, 0.6) is 0 Å². The lowest BCUT2D eigenvalue weighted by atomic mass is 10.1. The van der Waals surface area contributed by atoms with Gasteiger partial charge in [-0.1, -0.05) is 41.9 Å². The fourth-order valence-electron chi connectivity index (χ4n) is 2.77. The van der Waals surface area contributed by atoms with E-state index in [1.54, 1.807) is 12.1 Å². The zero-order chi connectivity index (χ0) is 16.3. The number of piperidine rings is 1. The molecule has 132 valence electrons. The maximum Gasteiger partial charge on any atom is 0.250 e.